The van der Waals surface area contributed by atoms with E-state index in [0.29, 0.717) is 34.3 Å². The largest absolute Gasteiger partial charge is 0.489 e. The number of nitriles is 1. The Morgan fingerprint density at radius 1 is 0.957 bits per heavy atom. The highest BCUT2D eigenvalue weighted by Gasteiger charge is 2.64. The molecular formula is C53H61ClN8O7S. The predicted octanol–water partition coefficient (Wildman–Crippen LogP) is 7.56. The molecule has 5 N–H and O–H groups in total. The van der Waals surface area contributed by atoms with Gasteiger partial charge in [-0.1, -0.05) is 96.5 Å². The number of aliphatic hydroxyl groups excluding tert-OH is 1. The number of aromatic nitrogens is 2. The van der Waals surface area contributed by atoms with E-state index in [2.05, 4.69) is 65.0 Å². The minimum Gasteiger partial charge on any atom is -0.489 e. The van der Waals surface area contributed by atoms with E-state index in [4.69, 9.17) is 21.1 Å². The predicted molar refractivity (Wildman–Crippen MR) is 270 cm³/mol. The van der Waals surface area contributed by atoms with Crippen molar-refractivity contribution in [2.24, 2.45) is 16.2 Å². The molecule has 5 aromatic rings. The number of β-amino-alcohol motifs (C(OH)–C–C–N with tert-alkyl or cyclic N) is 1. The van der Waals surface area contributed by atoms with E-state index < -0.39 is 46.2 Å². The molecule has 0 bridgehead atoms. The molecule has 3 atom stereocenters. The van der Waals surface area contributed by atoms with Crippen molar-refractivity contribution in [1.29, 1.82) is 5.26 Å². The Bertz CT molecular complexity index is 2720. The number of pyridine rings is 1. The first-order valence-corrected chi connectivity index (χ1v) is 24.5. The normalized spacial score (nSPS) is 19.5. The van der Waals surface area contributed by atoms with Gasteiger partial charge < -0.3 is 40.7 Å². The third-order valence-corrected chi connectivity index (χ3v) is 14.5. The standard InChI is InChI=1S/C53H61ClN8O7S/c1-31-44(70-30-59-31)34-11-9-32(10-12-34)26-58-47(66)41-23-38(63)28-62(41)48(67)45(51(2,3)4)60-43(64)29-68-22-21-56-42-20-18-37(27-57-42)33-13-15-35(16-14-33)46(65)61-49-52(5,6)50(53(49,7)8)69-39-19-17-36(25-55)40(54)24-39/h9-20,24,27,30,38,41,45,49-50,63H,21-23,26,28-29H2,1-8H3,(H,56,57)(H,58,66)(H,60,64)(H,61,65)/t38-,41+,45-,49?,50?/m1/s1. The topological polar surface area (TPSA) is 208 Å². The van der Waals surface area contributed by atoms with Crippen LogP contribution in [0.5, 0.6) is 5.75 Å². The van der Waals surface area contributed by atoms with Crippen LogP contribution in [0.2, 0.25) is 5.02 Å². The van der Waals surface area contributed by atoms with Crippen LogP contribution in [-0.2, 0) is 25.7 Å². The number of amides is 4. The zero-order valence-corrected chi connectivity index (χ0v) is 42.3. The van der Waals surface area contributed by atoms with Gasteiger partial charge in [-0.15, -0.1) is 11.3 Å². The van der Waals surface area contributed by atoms with Crippen molar-refractivity contribution in [2.75, 3.05) is 31.6 Å². The van der Waals surface area contributed by atoms with Gasteiger partial charge in [0.2, 0.25) is 17.7 Å². The number of halogens is 1. The summed E-state index contributed by atoms with van der Waals surface area (Å²) in [5, 5.41) is 32.3. The Labute approximate surface area is 418 Å². The summed E-state index contributed by atoms with van der Waals surface area (Å²) < 4.78 is 12.0. The van der Waals surface area contributed by atoms with Crippen LogP contribution in [0.4, 0.5) is 5.82 Å². The Morgan fingerprint density at radius 2 is 1.64 bits per heavy atom. The fraction of sp³-hybridized carbons (Fsp3) is 0.415. The number of nitrogens with one attached hydrogen (secondary N) is 4. The lowest BCUT2D eigenvalue weighted by atomic mass is 9.49. The molecule has 2 aromatic heterocycles. The highest BCUT2D eigenvalue weighted by Crippen LogP contribution is 2.55. The molecule has 1 aliphatic heterocycles. The number of likely N-dealkylation sites (tertiary alicyclic amines) is 1. The van der Waals surface area contributed by atoms with Crippen LogP contribution in [0.15, 0.2) is 90.6 Å². The minimum absolute atomic E-state index is 0.0261. The quantitative estimate of drug-likeness (QED) is 0.0575. The summed E-state index contributed by atoms with van der Waals surface area (Å²) in [4.78, 5) is 65.4. The molecular weight excluding hydrogens is 928 g/mol. The van der Waals surface area contributed by atoms with Crippen molar-refractivity contribution >= 4 is 52.4 Å². The number of anilines is 1. The van der Waals surface area contributed by atoms with Crippen LogP contribution >= 0.6 is 22.9 Å². The second-order valence-electron chi connectivity index (χ2n) is 20.2. The molecule has 1 saturated carbocycles. The molecule has 70 heavy (non-hydrogen) atoms. The lowest BCUT2D eigenvalue weighted by molar-refractivity contribution is -0.164. The average Bonchev–Trinajstić information content (AvgIpc) is 3.95. The van der Waals surface area contributed by atoms with Gasteiger partial charge >= 0.3 is 0 Å². The maximum absolute atomic E-state index is 14.0. The second kappa shape index (κ2) is 21.3. The average molecular weight is 990 g/mol. The van der Waals surface area contributed by atoms with Gasteiger partial charge in [-0.25, -0.2) is 9.97 Å². The number of carbonyl (C=O) groups is 4. The van der Waals surface area contributed by atoms with E-state index in [1.165, 1.54) is 4.90 Å². The van der Waals surface area contributed by atoms with Gasteiger partial charge in [-0.2, -0.15) is 5.26 Å². The maximum atomic E-state index is 14.0. The fourth-order valence-corrected chi connectivity index (χ4v) is 10.7. The number of carbonyl (C=O) groups excluding carboxylic acids is 4. The number of rotatable bonds is 17. The van der Waals surface area contributed by atoms with Gasteiger partial charge in [-0.05, 0) is 65.4 Å². The summed E-state index contributed by atoms with van der Waals surface area (Å²) in [6, 6.07) is 24.0. The van der Waals surface area contributed by atoms with E-state index in [0.717, 1.165) is 32.8 Å². The van der Waals surface area contributed by atoms with Crippen molar-refractivity contribution in [3.63, 3.8) is 0 Å². The Hall–Kier alpha value is -6.38. The molecule has 2 aliphatic rings. The minimum atomic E-state index is -0.981. The molecule has 17 heteroatoms. The monoisotopic (exact) mass is 988 g/mol. The highest BCUT2D eigenvalue weighted by atomic mass is 35.5. The van der Waals surface area contributed by atoms with E-state index in [1.54, 1.807) is 47.9 Å². The fourth-order valence-electron chi connectivity index (χ4n) is 9.69. The van der Waals surface area contributed by atoms with Crippen LogP contribution < -0.4 is 26.0 Å². The summed E-state index contributed by atoms with van der Waals surface area (Å²) >= 11 is 7.82. The van der Waals surface area contributed by atoms with Crippen LogP contribution in [-0.4, -0.2) is 100 Å². The number of hydrogen-bond acceptors (Lipinski definition) is 12. The lowest BCUT2D eigenvalue weighted by Crippen LogP contribution is -2.74. The van der Waals surface area contributed by atoms with Gasteiger partial charge in [0.25, 0.3) is 5.91 Å². The van der Waals surface area contributed by atoms with Crippen LogP contribution in [0.3, 0.4) is 0 Å². The van der Waals surface area contributed by atoms with Crippen molar-refractivity contribution in [1.82, 2.24) is 30.8 Å². The van der Waals surface area contributed by atoms with Crippen LogP contribution in [0.25, 0.3) is 21.6 Å². The smallest absolute Gasteiger partial charge is 0.251 e. The van der Waals surface area contributed by atoms with Gasteiger partial charge in [0, 0.05) is 66.3 Å². The Balaban J connectivity index is 0.839. The Morgan fingerprint density at radius 3 is 2.26 bits per heavy atom. The van der Waals surface area contributed by atoms with E-state index >= 15 is 0 Å². The third-order valence-electron chi connectivity index (χ3n) is 13.2. The molecule has 0 radical (unpaired) electrons. The van der Waals surface area contributed by atoms with Gasteiger partial charge in [0.05, 0.1) is 39.4 Å². The van der Waals surface area contributed by atoms with E-state index in [9.17, 15) is 29.5 Å². The van der Waals surface area contributed by atoms with Crippen molar-refractivity contribution in [3.05, 3.63) is 118 Å². The summed E-state index contributed by atoms with van der Waals surface area (Å²) in [6.07, 6.45) is 0.715. The lowest BCUT2D eigenvalue weighted by Gasteiger charge is -2.63. The molecule has 7 rings (SSSR count). The van der Waals surface area contributed by atoms with Crippen molar-refractivity contribution < 1.29 is 33.8 Å². The Kier molecular flexibility index (Phi) is 15.7. The molecule has 368 valence electrons. The van der Waals surface area contributed by atoms with Gasteiger partial charge in [0.15, 0.2) is 0 Å². The van der Waals surface area contributed by atoms with Crippen molar-refractivity contribution in [3.8, 4) is 33.4 Å². The zero-order valence-electron chi connectivity index (χ0n) is 40.8. The number of benzene rings is 3. The molecule has 0 spiro atoms. The second-order valence-corrected chi connectivity index (χ2v) is 21.5. The number of thiazole rings is 1. The molecule has 0 unspecified atom stereocenters. The van der Waals surface area contributed by atoms with E-state index in [1.807, 2.05) is 81.7 Å². The summed E-state index contributed by atoms with van der Waals surface area (Å²) in [5.74, 6) is -0.332. The summed E-state index contributed by atoms with van der Waals surface area (Å²) in [6.45, 7) is 16.2. The zero-order chi connectivity index (χ0) is 50.5. The summed E-state index contributed by atoms with van der Waals surface area (Å²) in [5.41, 5.74) is 5.84. The van der Waals surface area contributed by atoms with Gasteiger partial charge in [0.1, 0.15) is 42.4 Å². The first-order chi connectivity index (χ1) is 33.2. The molecule has 3 heterocycles. The molecule has 2 fully saturated rings. The van der Waals surface area contributed by atoms with Crippen LogP contribution in [0, 0.1) is 34.5 Å². The molecule has 15 nitrogen and oxygen atoms in total. The number of aliphatic hydroxyl groups is 1. The first-order valence-electron chi connectivity index (χ1n) is 23.3. The van der Waals surface area contributed by atoms with Crippen LogP contribution in [0.1, 0.15) is 82.1 Å². The third kappa shape index (κ3) is 11.6. The number of hydrogen-bond donors (Lipinski definition) is 5. The van der Waals surface area contributed by atoms with E-state index in [-0.39, 0.29) is 56.7 Å². The number of ether oxygens (including phenoxy) is 2. The number of nitrogens with zero attached hydrogens (tertiary/aromatic N) is 4. The highest BCUT2D eigenvalue weighted by molar-refractivity contribution is 7.13. The molecule has 4 amide bonds. The van der Waals surface area contributed by atoms with Gasteiger partial charge in [-0.3, -0.25) is 19.2 Å². The maximum Gasteiger partial charge on any atom is 0.251 e. The SMILES string of the molecule is Cc1ncsc1-c1ccc(CNC(=O)[C@@H]2C[C@@H](O)CN2C(=O)[C@@H](NC(=O)COCCNc2ccc(-c3ccc(C(=O)NC4C(C)(C)C(Oc5ccc(C#N)c(Cl)c5)C4(C)C)cc3)cn2)C(C)(C)C)cc1. The van der Waals surface area contributed by atoms with Crippen molar-refractivity contribution in [2.45, 2.75) is 98.7 Å². The summed E-state index contributed by atoms with van der Waals surface area (Å²) in [7, 11) is 0. The molecule has 3 aromatic carbocycles. The first kappa shape index (κ1) is 51.5. The molecule has 1 saturated heterocycles. The number of aryl methyl sites for hydroxylation is 1. The molecule has 1 aliphatic carbocycles.